The van der Waals surface area contributed by atoms with Crippen molar-refractivity contribution in [3.05, 3.63) is 0 Å². The monoisotopic (exact) mass is 212 g/mol. The molecule has 0 aromatic carbocycles. The predicted molar refractivity (Wildman–Crippen MR) is 57.6 cm³/mol. The molecule has 2 rings (SSSR count). The second-order valence-electron chi connectivity index (χ2n) is 5.06. The minimum atomic E-state index is -0.631. The highest BCUT2D eigenvalue weighted by Gasteiger charge is 2.35. The van der Waals surface area contributed by atoms with E-state index in [1.807, 2.05) is 0 Å². The molecule has 2 amide bonds. The first kappa shape index (κ1) is 10.7. The minimum Gasteiger partial charge on any atom is -0.388 e. The van der Waals surface area contributed by atoms with E-state index in [0.29, 0.717) is 13.1 Å². The van der Waals surface area contributed by atoms with E-state index in [-0.39, 0.29) is 6.03 Å². The number of aliphatic hydroxyl groups is 1. The molecule has 1 saturated heterocycles. The van der Waals surface area contributed by atoms with Gasteiger partial charge in [-0.3, -0.25) is 0 Å². The Morgan fingerprint density at radius 3 is 2.73 bits per heavy atom. The van der Waals surface area contributed by atoms with E-state index in [1.54, 1.807) is 4.90 Å². The SMILES string of the molecule is CC1CCC(O)(CN2CCNC2=O)CC1. The van der Waals surface area contributed by atoms with E-state index in [1.165, 1.54) is 0 Å². The normalized spacial score (nSPS) is 36.8. The summed E-state index contributed by atoms with van der Waals surface area (Å²) in [6.07, 6.45) is 3.81. The van der Waals surface area contributed by atoms with Gasteiger partial charge in [-0.15, -0.1) is 0 Å². The lowest BCUT2D eigenvalue weighted by Crippen LogP contribution is -2.46. The van der Waals surface area contributed by atoms with Crippen LogP contribution in [-0.4, -0.2) is 41.3 Å². The van der Waals surface area contributed by atoms with Gasteiger partial charge in [0.1, 0.15) is 0 Å². The minimum absolute atomic E-state index is 0.0259. The Bertz CT molecular complexity index is 247. The fraction of sp³-hybridized carbons (Fsp3) is 0.909. The summed E-state index contributed by atoms with van der Waals surface area (Å²) in [6.45, 7) is 4.18. The number of nitrogens with zero attached hydrogens (tertiary/aromatic N) is 1. The molecule has 0 spiro atoms. The molecule has 2 aliphatic rings. The van der Waals surface area contributed by atoms with Crippen LogP contribution in [0.2, 0.25) is 0 Å². The summed E-state index contributed by atoms with van der Waals surface area (Å²) in [5.41, 5.74) is -0.631. The van der Waals surface area contributed by atoms with Crippen molar-refractivity contribution < 1.29 is 9.90 Å². The van der Waals surface area contributed by atoms with Crippen LogP contribution in [0.25, 0.3) is 0 Å². The molecular formula is C11H20N2O2. The molecule has 15 heavy (non-hydrogen) atoms. The Hall–Kier alpha value is -0.770. The lowest BCUT2D eigenvalue weighted by Gasteiger charge is -2.37. The molecule has 0 unspecified atom stereocenters. The van der Waals surface area contributed by atoms with E-state index in [2.05, 4.69) is 12.2 Å². The van der Waals surface area contributed by atoms with Crippen molar-refractivity contribution in [1.82, 2.24) is 10.2 Å². The van der Waals surface area contributed by atoms with E-state index >= 15 is 0 Å². The molecule has 1 saturated carbocycles. The molecule has 2 fully saturated rings. The molecule has 2 N–H and O–H groups in total. The molecule has 0 aromatic heterocycles. The zero-order chi connectivity index (χ0) is 10.9. The van der Waals surface area contributed by atoms with Crippen molar-refractivity contribution >= 4 is 6.03 Å². The molecule has 0 radical (unpaired) electrons. The number of hydrogen-bond donors (Lipinski definition) is 2. The Morgan fingerprint density at radius 1 is 1.53 bits per heavy atom. The van der Waals surface area contributed by atoms with Crippen LogP contribution in [0.3, 0.4) is 0 Å². The summed E-state index contributed by atoms with van der Waals surface area (Å²) in [5, 5.41) is 13.1. The molecule has 1 heterocycles. The lowest BCUT2D eigenvalue weighted by atomic mass is 9.79. The standard InChI is InChI=1S/C11H20N2O2/c1-9-2-4-11(15,5-3-9)8-13-7-6-12-10(13)14/h9,15H,2-8H2,1H3,(H,12,14). The average Bonchev–Trinajstić information content (AvgIpc) is 2.58. The Morgan fingerprint density at radius 2 is 2.20 bits per heavy atom. The molecule has 0 atom stereocenters. The van der Waals surface area contributed by atoms with Crippen LogP contribution in [-0.2, 0) is 0 Å². The maximum atomic E-state index is 11.4. The maximum Gasteiger partial charge on any atom is 0.317 e. The van der Waals surface area contributed by atoms with Crippen LogP contribution in [0.15, 0.2) is 0 Å². The van der Waals surface area contributed by atoms with Gasteiger partial charge in [0.05, 0.1) is 12.1 Å². The van der Waals surface area contributed by atoms with Gasteiger partial charge in [-0.2, -0.15) is 0 Å². The number of nitrogens with one attached hydrogen (secondary N) is 1. The summed E-state index contributed by atoms with van der Waals surface area (Å²) < 4.78 is 0. The van der Waals surface area contributed by atoms with Gasteiger partial charge >= 0.3 is 6.03 Å². The Balaban J connectivity index is 1.90. The number of amides is 2. The van der Waals surface area contributed by atoms with Crippen LogP contribution < -0.4 is 5.32 Å². The van der Waals surface area contributed by atoms with E-state index in [4.69, 9.17) is 0 Å². The summed E-state index contributed by atoms with van der Waals surface area (Å²) in [5.74, 6) is 0.720. The zero-order valence-electron chi connectivity index (χ0n) is 9.33. The second-order valence-corrected chi connectivity index (χ2v) is 5.06. The molecule has 4 nitrogen and oxygen atoms in total. The first-order valence-electron chi connectivity index (χ1n) is 5.84. The smallest absolute Gasteiger partial charge is 0.317 e. The zero-order valence-corrected chi connectivity index (χ0v) is 9.33. The molecule has 0 bridgehead atoms. The fourth-order valence-corrected chi connectivity index (χ4v) is 2.47. The highest BCUT2D eigenvalue weighted by atomic mass is 16.3. The van der Waals surface area contributed by atoms with E-state index in [0.717, 1.165) is 38.1 Å². The van der Waals surface area contributed by atoms with Crippen LogP contribution in [0.1, 0.15) is 32.6 Å². The van der Waals surface area contributed by atoms with Gasteiger partial charge in [0.15, 0.2) is 0 Å². The summed E-state index contributed by atoms with van der Waals surface area (Å²) in [6, 6.07) is -0.0259. The first-order chi connectivity index (χ1) is 7.09. The second kappa shape index (κ2) is 4.00. The van der Waals surface area contributed by atoms with Crippen molar-refractivity contribution in [2.24, 2.45) is 5.92 Å². The van der Waals surface area contributed by atoms with Gasteiger partial charge in [-0.25, -0.2) is 4.79 Å². The average molecular weight is 212 g/mol. The van der Waals surface area contributed by atoms with Gasteiger partial charge in [-0.1, -0.05) is 6.92 Å². The number of urea groups is 1. The lowest BCUT2D eigenvalue weighted by molar-refractivity contribution is -0.0239. The van der Waals surface area contributed by atoms with Crippen molar-refractivity contribution in [2.45, 2.75) is 38.2 Å². The summed E-state index contributed by atoms with van der Waals surface area (Å²) in [7, 11) is 0. The molecule has 4 heteroatoms. The molecular weight excluding hydrogens is 192 g/mol. The van der Waals surface area contributed by atoms with Crippen molar-refractivity contribution in [3.8, 4) is 0 Å². The van der Waals surface area contributed by atoms with Crippen LogP contribution in [0.5, 0.6) is 0 Å². The summed E-state index contributed by atoms with van der Waals surface area (Å²) in [4.78, 5) is 13.1. The van der Waals surface area contributed by atoms with Crippen LogP contribution in [0.4, 0.5) is 4.79 Å². The highest BCUT2D eigenvalue weighted by Crippen LogP contribution is 2.32. The van der Waals surface area contributed by atoms with Crippen molar-refractivity contribution in [1.29, 1.82) is 0 Å². The molecule has 1 aliphatic carbocycles. The van der Waals surface area contributed by atoms with Crippen molar-refractivity contribution in [3.63, 3.8) is 0 Å². The maximum absolute atomic E-state index is 11.4. The topological polar surface area (TPSA) is 52.6 Å². The fourth-order valence-electron chi connectivity index (χ4n) is 2.47. The van der Waals surface area contributed by atoms with E-state index in [9.17, 15) is 9.90 Å². The number of carbonyl (C=O) groups is 1. The predicted octanol–water partition coefficient (Wildman–Crippen LogP) is 0.953. The largest absolute Gasteiger partial charge is 0.388 e. The number of hydrogen-bond acceptors (Lipinski definition) is 2. The third-order valence-corrected chi connectivity index (χ3v) is 3.64. The van der Waals surface area contributed by atoms with Crippen molar-refractivity contribution in [2.75, 3.05) is 19.6 Å². The highest BCUT2D eigenvalue weighted by molar-refractivity contribution is 5.76. The number of carbonyl (C=O) groups excluding carboxylic acids is 1. The van der Waals surface area contributed by atoms with Gasteiger partial charge in [0.25, 0.3) is 0 Å². The van der Waals surface area contributed by atoms with Crippen LogP contribution >= 0.6 is 0 Å². The van der Waals surface area contributed by atoms with E-state index < -0.39 is 5.60 Å². The number of rotatable bonds is 2. The van der Waals surface area contributed by atoms with Gasteiger partial charge in [0, 0.05) is 13.1 Å². The van der Waals surface area contributed by atoms with Crippen LogP contribution in [0, 0.1) is 5.92 Å². The molecule has 1 aliphatic heterocycles. The first-order valence-corrected chi connectivity index (χ1v) is 5.84. The molecule has 0 aromatic rings. The number of β-amino-alcohol motifs (C(OH)–C–C–N with tert-alkyl or cyclic N) is 1. The Labute approximate surface area is 90.6 Å². The molecule has 86 valence electrons. The third-order valence-electron chi connectivity index (χ3n) is 3.64. The van der Waals surface area contributed by atoms with Gasteiger partial charge < -0.3 is 15.3 Å². The van der Waals surface area contributed by atoms with Gasteiger partial charge in [-0.05, 0) is 31.6 Å². The third kappa shape index (κ3) is 2.43. The Kier molecular flexibility index (Phi) is 2.87. The summed E-state index contributed by atoms with van der Waals surface area (Å²) >= 11 is 0. The quantitative estimate of drug-likeness (QED) is 0.716. The van der Waals surface area contributed by atoms with Gasteiger partial charge in [0.2, 0.25) is 0 Å².